The van der Waals surface area contributed by atoms with Crippen LogP contribution in [0.15, 0.2) is 11.6 Å². The zero-order valence-electron chi connectivity index (χ0n) is 8.43. The van der Waals surface area contributed by atoms with Gasteiger partial charge in [0.25, 0.3) is 0 Å². The Bertz CT molecular complexity index is 437. The molecular formula is C9H13N3O2S. The van der Waals surface area contributed by atoms with E-state index in [4.69, 9.17) is 9.84 Å². The maximum Gasteiger partial charge on any atom is 0.237 e. The van der Waals surface area contributed by atoms with Gasteiger partial charge in [-0.15, -0.1) is 11.3 Å². The van der Waals surface area contributed by atoms with Crippen molar-refractivity contribution in [2.75, 3.05) is 20.3 Å². The van der Waals surface area contributed by atoms with E-state index in [0.717, 1.165) is 10.7 Å². The average molecular weight is 227 g/mol. The van der Waals surface area contributed by atoms with E-state index in [-0.39, 0.29) is 6.61 Å². The van der Waals surface area contributed by atoms with E-state index in [1.54, 1.807) is 18.4 Å². The molecule has 0 radical (unpaired) electrons. The Morgan fingerprint density at radius 2 is 2.53 bits per heavy atom. The second-order valence-electron chi connectivity index (χ2n) is 3.02. The third kappa shape index (κ3) is 1.97. The van der Waals surface area contributed by atoms with Crippen molar-refractivity contribution in [1.29, 1.82) is 0 Å². The number of thiazole rings is 1. The van der Waals surface area contributed by atoms with Crippen LogP contribution in [0, 0.1) is 0 Å². The first-order valence-corrected chi connectivity index (χ1v) is 5.54. The lowest BCUT2D eigenvalue weighted by Gasteiger charge is -2.03. The topological polar surface area (TPSA) is 58.8 Å². The number of hydrogen-bond donors (Lipinski definition) is 2. The van der Waals surface area contributed by atoms with E-state index in [9.17, 15) is 0 Å². The normalized spacial score (nSPS) is 11.1. The maximum atomic E-state index is 8.68. The Balaban J connectivity index is 2.24. The summed E-state index contributed by atoms with van der Waals surface area (Å²) in [6.45, 7) is 1.34. The van der Waals surface area contributed by atoms with Gasteiger partial charge in [0, 0.05) is 24.7 Å². The fourth-order valence-electron chi connectivity index (χ4n) is 1.42. The number of imidazole rings is 1. The number of aliphatic hydroxyl groups is 1. The number of nitrogens with zero attached hydrogens (tertiary/aromatic N) is 2. The molecule has 6 heteroatoms. The fourth-order valence-corrected chi connectivity index (χ4v) is 2.15. The van der Waals surface area contributed by atoms with Crippen LogP contribution >= 0.6 is 11.3 Å². The van der Waals surface area contributed by atoms with Gasteiger partial charge in [-0.25, -0.2) is 0 Å². The van der Waals surface area contributed by atoms with Crippen LogP contribution in [0.4, 0.5) is 0 Å². The van der Waals surface area contributed by atoms with E-state index in [0.29, 0.717) is 19.0 Å². The molecule has 0 aliphatic rings. The van der Waals surface area contributed by atoms with Crippen LogP contribution in [0.1, 0.15) is 5.69 Å². The molecule has 0 bridgehead atoms. The molecule has 0 amide bonds. The molecule has 2 aromatic rings. The zero-order chi connectivity index (χ0) is 10.7. The largest absolute Gasteiger partial charge is 0.480 e. The highest BCUT2D eigenvalue weighted by atomic mass is 32.1. The molecule has 0 aliphatic carbocycles. The highest BCUT2D eigenvalue weighted by Gasteiger charge is 2.12. The van der Waals surface area contributed by atoms with Gasteiger partial charge in [0.05, 0.1) is 13.7 Å². The highest BCUT2D eigenvalue weighted by molar-refractivity contribution is 7.15. The van der Waals surface area contributed by atoms with Crippen molar-refractivity contribution in [3.05, 3.63) is 17.3 Å². The van der Waals surface area contributed by atoms with Crippen LogP contribution in [-0.4, -0.2) is 34.8 Å². The Kier molecular flexibility index (Phi) is 3.20. The minimum absolute atomic E-state index is 0.133. The minimum atomic E-state index is 0.133. The quantitative estimate of drug-likeness (QED) is 0.730. The predicted molar refractivity (Wildman–Crippen MR) is 58.4 cm³/mol. The van der Waals surface area contributed by atoms with Gasteiger partial charge < -0.3 is 15.2 Å². The average Bonchev–Trinajstić information content (AvgIpc) is 2.79. The van der Waals surface area contributed by atoms with Crippen molar-refractivity contribution in [2.45, 2.75) is 6.54 Å². The molecule has 0 atom stereocenters. The summed E-state index contributed by atoms with van der Waals surface area (Å²) < 4.78 is 7.19. The van der Waals surface area contributed by atoms with Gasteiger partial charge in [-0.05, 0) is 0 Å². The molecule has 15 heavy (non-hydrogen) atoms. The summed E-state index contributed by atoms with van der Waals surface area (Å²) in [4.78, 5) is 5.25. The summed E-state index contributed by atoms with van der Waals surface area (Å²) in [6.07, 6.45) is 1.96. The number of methoxy groups -OCH3 is 1. The second kappa shape index (κ2) is 4.61. The van der Waals surface area contributed by atoms with Crippen molar-refractivity contribution in [1.82, 2.24) is 14.7 Å². The van der Waals surface area contributed by atoms with E-state index >= 15 is 0 Å². The number of aliphatic hydroxyl groups excluding tert-OH is 1. The third-order valence-corrected chi connectivity index (χ3v) is 2.86. The van der Waals surface area contributed by atoms with Gasteiger partial charge in [0.1, 0.15) is 5.69 Å². The van der Waals surface area contributed by atoms with Crippen LogP contribution in [0.5, 0.6) is 5.88 Å². The van der Waals surface area contributed by atoms with Crippen LogP contribution < -0.4 is 10.1 Å². The second-order valence-corrected chi connectivity index (χ2v) is 3.90. The van der Waals surface area contributed by atoms with Gasteiger partial charge in [-0.1, -0.05) is 0 Å². The molecule has 0 spiro atoms. The van der Waals surface area contributed by atoms with Crippen LogP contribution in [-0.2, 0) is 6.54 Å². The highest BCUT2D eigenvalue weighted by Crippen LogP contribution is 2.22. The first-order valence-electron chi connectivity index (χ1n) is 4.67. The van der Waals surface area contributed by atoms with Gasteiger partial charge in [0.2, 0.25) is 5.88 Å². The summed E-state index contributed by atoms with van der Waals surface area (Å²) >= 11 is 1.57. The van der Waals surface area contributed by atoms with Crippen molar-refractivity contribution >= 4 is 16.3 Å². The van der Waals surface area contributed by atoms with Crippen molar-refractivity contribution in [3.63, 3.8) is 0 Å². The molecule has 2 rings (SSSR count). The lowest BCUT2D eigenvalue weighted by Crippen LogP contribution is -2.18. The van der Waals surface area contributed by atoms with Gasteiger partial charge >= 0.3 is 0 Å². The standard InChI is InChI=1S/C9H13N3O2S/c1-14-8-7(6-10-2-4-13)12-3-5-15-9(12)11-8/h3,5,10,13H,2,4,6H2,1H3. The molecule has 82 valence electrons. The van der Waals surface area contributed by atoms with E-state index < -0.39 is 0 Å². The molecule has 0 aliphatic heterocycles. The molecule has 0 aromatic carbocycles. The Morgan fingerprint density at radius 3 is 3.27 bits per heavy atom. The molecule has 0 unspecified atom stereocenters. The Morgan fingerprint density at radius 1 is 1.67 bits per heavy atom. The van der Waals surface area contributed by atoms with Gasteiger partial charge in [-0.3, -0.25) is 4.40 Å². The smallest absolute Gasteiger partial charge is 0.237 e. The number of hydrogen-bond acceptors (Lipinski definition) is 5. The summed E-state index contributed by atoms with van der Waals surface area (Å²) in [5.74, 6) is 0.646. The number of aromatic nitrogens is 2. The molecule has 0 saturated carbocycles. The summed E-state index contributed by atoms with van der Waals surface area (Å²) in [7, 11) is 1.61. The first kappa shape index (κ1) is 10.4. The molecule has 2 heterocycles. The minimum Gasteiger partial charge on any atom is -0.480 e. The lowest BCUT2D eigenvalue weighted by molar-refractivity contribution is 0.291. The van der Waals surface area contributed by atoms with Gasteiger partial charge in [0.15, 0.2) is 4.96 Å². The maximum absolute atomic E-state index is 8.68. The fraction of sp³-hybridized carbons (Fsp3) is 0.444. The monoisotopic (exact) mass is 227 g/mol. The number of ether oxygens (including phenoxy) is 1. The summed E-state index contributed by atoms with van der Waals surface area (Å²) in [5, 5.41) is 13.8. The Labute approximate surface area is 91.3 Å². The summed E-state index contributed by atoms with van der Waals surface area (Å²) in [5.41, 5.74) is 0.988. The van der Waals surface area contributed by atoms with Crippen molar-refractivity contribution in [3.8, 4) is 5.88 Å². The van der Waals surface area contributed by atoms with Crippen molar-refractivity contribution < 1.29 is 9.84 Å². The molecule has 0 saturated heterocycles. The predicted octanol–water partition coefficient (Wildman–Crippen LogP) is 0.486. The molecule has 2 N–H and O–H groups in total. The molecule has 2 aromatic heterocycles. The van der Waals surface area contributed by atoms with Crippen LogP contribution in [0.3, 0.4) is 0 Å². The SMILES string of the molecule is COc1nc2sccn2c1CNCCO. The van der Waals surface area contributed by atoms with Crippen molar-refractivity contribution in [2.24, 2.45) is 0 Å². The van der Waals surface area contributed by atoms with E-state index in [2.05, 4.69) is 10.3 Å². The number of rotatable bonds is 5. The zero-order valence-corrected chi connectivity index (χ0v) is 9.25. The first-order chi connectivity index (χ1) is 7.36. The van der Waals surface area contributed by atoms with Crippen LogP contribution in [0.25, 0.3) is 4.96 Å². The number of fused-ring (bicyclic) bond motifs is 1. The molecule has 0 fully saturated rings. The molecular weight excluding hydrogens is 214 g/mol. The number of nitrogens with one attached hydrogen (secondary N) is 1. The Hall–Kier alpha value is -1.11. The third-order valence-electron chi connectivity index (χ3n) is 2.10. The van der Waals surface area contributed by atoms with E-state index in [1.807, 2.05) is 16.0 Å². The van der Waals surface area contributed by atoms with Crippen LogP contribution in [0.2, 0.25) is 0 Å². The molecule has 5 nitrogen and oxygen atoms in total. The lowest BCUT2D eigenvalue weighted by atomic mass is 10.4. The van der Waals surface area contributed by atoms with E-state index in [1.165, 1.54) is 0 Å². The van der Waals surface area contributed by atoms with Gasteiger partial charge in [-0.2, -0.15) is 4.98 Å². The summed E-state index contributed by atoms with van der Waals surface area (Å²) in [6, 6.07) is 0.